The van der Waals surface area contributed by atoms with E-state index in [1.54, 1.807) is 11.3 Å². The standard InChI is InChI=1S/C21H29N5O2S2/c1-14-12-17(30-25-14)13-19-23-18-6-11-29-20(18)21(24-19)22-15-2-4-16(5-3-15)26(7-9-27)8-10-28/h6,11-12,15-16,27-28H,2-5,7-10,13H2,1H3,(H,22,23,24). The quantitative estimate of drug-likeness (QED) is 0.464. The number of rotatable bonds is 9. The summed E-state index contributed by atoms with van der Waals surface area (Å²) >= 11 is 3.20. The van der Waals surface area contributed by atoms with Gasteiger partial charge in [-0.05, 0) is 61.7 Å². The van der Waals surface area contributed by atoms with Crippen molar-refractivity contribution in [3.63, 3.8) is 0 Å². The first-order valence-corrected chi connectivity index (χ1v) is 12.2. The molecule has 4 rings (SSSR count). The van der Waals surface area contributed by atoms with Crippen LogP contribution < -0.4 is 5.32 Å². The molecule has 3 aromatic heterocycles. The van der Waals surface area contributed by atoms with Crippen LogP contribution in [0.15, 0.2) is 17.5 Å². The number of aromatic nitrogens is 3. The number of hydrogen-bond donors (Lipinski definition) is 3. The molecule has 0 bridgehead atoms. The summed E-state index contributed by atoms with van der Waals surface area (Å²) in [5.41, 5.74) is 2.04. The van der Waals surface area contributed by atoms with Gasteiger partial charge in [-0.15, -0.1) is 11.3 Å². The minimum absolute atomic E-state index is 0.136. The van der Waals surface area contributed by atoms with Gasteiger partial charge in [-0.1, -0.05) is 0 Å². The molecule has 1 aliphatic carbocycles. The Balaban J connectivity index is 1.44. The van der Waals surface area contributed by atoms with Crippen molar-refractivity contribution >= 4 is 38.9 Å². The smallest absolute Gasteiger partial charge is 0.148 e. The monoisotopic (exact) mass is 447 g/mol. The lowest BCUT2D eigenvalue weighted by molar-refractivity contribution is 0.0992. The maximum Gasteiger partial charge on any atom is 0.148 e. The molecule has 3 N–H and O–H groups in total. The molecule has 0 atom stereocenters. The fourth-order valence-corrected chi connectivity index (χ4v) is 5.77. The van der Waals surface area contributed by atoms with Crippen LogP contribution in [-0.2, 0) is 6.42 Å². The topological polar surface area (TPSA) is 94.4 Å². The number of fused-ring (bicyclic) bond motifs is 1. The first-order valence-electron chi connectivity index (χ1n) is 10.5. The minimum atomic E-state index is 0.136. The van der Waals surface area contributed by atoms with Gasteiger partial charge in [0.2, 0.25) is 0 Å². The Kier molecular flexibility index (Phi) is 7.27. The molecule has 1 saturated carbocycles. The molecule has 30 heavy (non-hydrogen) atoms. The van der Waals surface area contributed by atoms with Gasteiger partial charge in [-0.25, -0.2) is 9.97 Å². The Labute approximate surface area is 185 Å². The normalized spacial score (nSPS) is 19.6. The lowest BCUT2D eigenvalue weighted by Crippen LogP contribution is -2.43. The van der Waals surface area contributed by atoms with E-state index in [9.17, 15) is 10.2 Å². The molecule has 1 aliphatic rings. The number of anilines is 1. The summed E-state index contributed by atoms with van der Waals surface area (Å²) in [6.07, 6.45) is 4.93. The Hall–Kier alpha value is -1.65. The number of nitrogens with zero attached hydrogens (tertiary/aromatic N) is 4. The first-order chi connectivity index (χ1) is 14.7. The van der Waals surface area contributed by atoms with Crippen molar-refractivity contribution in [2.75, 3.05) is 31.6 Å². The maximum absolute atomic E-state index is 9.30. The molecule has 7 nitrogen and oxygen atoms in total. The van der Waals surface area contributed by atoms with E-state index in [2.05, 4.69) is 32.1 Å². The van der Waals surface area contributed by atoms with Crippen LogP contribution in [-0.4, -0.2) is 67.8 Å². The van der Waals surface area contributed by atoms with E-state index < -0.39 is 0 Å². The highest BCUT2D eigenvalue weighted by atomic mass is 32.1. The largest absolute Gasteiger partial charge is 0.395 e. The molecule has 0 aromatic carbocycles. The molecule has 0 amide bonds. The van der Waals surface area contributed by atoms with Crippen LogP contribution >= 0.6 is 22.9 Å². The summed E-state index contributed by atoms with van der Waals surface area (Å²) in [7, 11) is 0. The molecule has 0 spiro atoms. The second kappa shape index (κ2) is 10.1. The number of nitrogens with one attached hydrogen (secondary N) is 1. The SMILES string of the molecule is Cc1cc(Cc2nc(NC3CCC(N(CCO)CCO)CC3)c3sccc3n2)sn1. The molecule has 162 valence electrons. The van der Waals surface area contributed by atoms with Gasteiger partial charge < -0.3 is 15.5 Å². The van der Waals surface area contributed by atoms with Gasteiger partial charge >= 0.3 is 0 Å². The summed E-state index contributed by atoms with van der Waals surface area (Å²) in [5, 5.41) is 24.4. The average molecular weight is 448 g/mol. The van der Waals surface area contributed by atoms with Gasteiger partial charge in [0.05, 0.1) is 29.1 Å². The highest BCUT2D eigenvalue weighted by Crippen LogP contribution is 2.31. The van der Waals surface area contributed by atoms with E-state index in [0.29, 0.717) is 31.6 Å². The summed E-state index contributed by atoms with van der Waals surface area (Å²) in [4.78, 5) is 13.0. The lowest BCUT2D eigenvalue weighted by Gasteiger charge is -2.36. The van der Waals surface area contributed by atoms with E-state index in [4.69, 9.17) is 9.97 Å². The predicted octanol–water partition coefficient (Wildman–Crippen LogP) is 3.06. The summed E-state index contributed by atoms with van der Waals surface area (Å²) in [6, 6.07) is 4.97. The van der Waals surface area contributed by atoms with Crippen LogP contribution in [0.3, 0.4) is 0 Å². The summed E-state index contributed by atoms with van der Waals surface area (Å²) in [6.45, 7) is 3.54. The van der Waals surface area contributed by atoms with Crippen molar-refractivity contribution in [2.45, 2.75) is 51.1 Å². The average Bonchev–Trinajstić information content (AvgIpc) is 3.37. The Morgan fingerprint density at radius 2 is 1.90 bits per heavy atom. The third-order valence-corrected chi connectivity index (χ3v) is 7.47. The molecule has 0 saturated heterocycles. The molecule has 0 radical (unpaired) electrons. The van der Waals surface area contributed by atoms with Gasteiger partial charge in [-0.3, -0.25) is 4.90 Å². The zero-order chi connectivity index (χ0) is 20.9. The molecule has 1 fully saturated rings. The predicted molar refractivity (Wildman–Crippen MR) is 122 cm³/mol. The second-order valence-electron chi connectivity index (χ2n) is 7.87. The van der Waals surface area contributed by atoms with E-state index in [-0.39, 0.29) is 13.2 Å². The van der Waals surface area contributed by atoms with Crippen LogP contribution in [0.25, 0.3) is 10.2 Å². The van der Waals surface area contributed by atoms with Crippen LogP contribution in [0, 0.1) is 6.92 Å². The molecular formula is C21H29N5O2S2. The van der Waals surface area contributed by atoms with E-state index >= 15 is 0 Å². The fraction of sp³-hybridized carbons (Fsp3) is 0.571. The molecule has 3 aromatic rings. The van der Waals surface area contributed by atoms with Gasteiger partial charge in [-0.2, -0.15) is 4.37 Å². The van der Waals surface area contributed by atoms with Crippen LogP contribution in [0.2, 0.25) is 0 Å². The zero-order valence-corrected chi connectivity index (χ0v) is 18.9. The van der Waals surface area contributed by atoms with Crippen molar-refractivity contribution in [1.82, 2.24) is 19.2 Å². The van der Waals surface area contributed by atoms with Crippen LogP contribution in [0.4, 0.5) is 5.82 Å². The van der Waals surface area contributed by atoms with Crippen molar-refractivity contribution in [1.29, 1.82) is 0 Å². The molecule has 0 aliphatic heterocycles. The van der Waals surface area contributed by atoms with E-state index in [1.807, 2.05) is 6.92 Å². The highest BCUT2D eigenvalue weighted by molar-refractivity contribution is 7.17. The fourth-order valence-electron chi connectivity index (χ4n) is 4.26. The van der Waals surface area contributed by atoms with Crippen molar-refractivity contribution in [3.05, 3.63) is 33.9 Å². The Bertz CT molecular complexity index is 946. The second-order valence-corrected chi connectivity index (χ2v) is 9.67. The van der Waals surface area contributed by atoms with Gasteiger partial charge in [0.15, 0.2) is 0 Å². The number of hydrogen-bond acceptors (Lipinski definition) is 9. The summed E-state index contributed by atoms with van der Waals surface area (Å²) < 4.78 is 5.48. The summed E-state index contributed by atoms with van der Waals surface area (Å²) in [5.74, 6) is 1.77. The third kappa shape index (κ3) is 5.15. The van der Waals surface area contributed by atoms with Crippen LogP contribution in [0.5, 0.6) is 0 Å². The highest BCUT2D eigenvalue weighted by Gasteiger charge is 2.26. The van der Waals surface area contributed by atoms with Crippen molar-refractivity contribution in [3.8, 4) is 0 Å². The number of aliphatic hydroxyl groups is 2. The Morgan fingerprint density at radius 3 is 2.57 bits per heavy atom. The van der Waals surface area contributed by atoms with Crippen molar-refractivity contribution in [2.24, 2.45) is 0 Å². The van der Waals surface area contributed by atoms with Gasteiger partial charge in [0.1, 0.15) is 11.6 Å². The maximum atomic E-state index is 9.30. The van der Waals surface area contributed by atoms with E-state index in [0.717, 1.165) is 53.2 Å². The Morgan fingerprint density at radius 1 is 1.13 bits per heavy atom. The number of thiophene rings is 1. The molecule has 9 heteroatoms. The molecule has 3 heterocycles. The van der Waals surface area contributed by atoms with Crippen LogP contribution in [0.1, 0.15) is 42.1 Å². The minimum Gasteiger partial charge on any atom is -0.395 e. The first kappa shape index (κ1) is 21.6. The van der Waals surface area contributed by atoms with Gasteiger partial charge in [0, 0.05) is 36.5 Å². The lowest BCUT2D eigenvalue weighted by atomic mass is 9.90. The number of aryl methyl sites for hydroxylation is 1. The molecular weight excluding hydrogens is 418 g/mol. The van der Waals surface area contributed by atoms with Gasteiger partial charge in [0.25, 0.3) is 0 Å². The van der Waals surface area contributed by atoms with E-state index in [1.165, 1.54) is 16.4 Å². The molecule has 0 unspecified atom stereocenters. The zero-order valence-electron chi connectivity index (χ0n) is 17.3. The third-order valence-electron chi connectivity index (χ3n) is 5.69. The van der Waals surface area contributed by atoms with Crippen molar-refractivity contribution < 1.29 is 10.2 Å². The number of aliphatic hydroxyl groups excluding tert-OH is 2.